The van der Waals surface area contributed by atoms with Crippen LogP contribution in [0.3, 0.4) is 0 Å². The molecule has 0 spiro atoms. The van der Waals surface area contributed by atoms with Crippen molar-refractivity contribution in [1.29, 1.82) is 0 Å². The molecule has 0 saturated carbocycles. The SMILES string of the molecule is CC(NC(=O)c1ccc(S(C)(=O)=O)c([N+](=O)[O-])c1)c1ccccc1. The predicted octanol–water partition coefficient (Wildman–Crippen LogP) is 2.49. The van der Waals surface area contributed by atoms with Crippen LogP contribution in [0.1, 0.15) is 28.9 Å². The first-order valence-electron chi connectivity index (χ1n) is 7.04. The van der Waals surface area contributed by atoms with E-state index in [1.807, 2.05) is 30.3 Å². The quantitative estimate of drug-likeness (QED) is 0.660. The van der Waals surface area contributed by atoms with Gasteiger partial charge in [-0.3, -0.25) is 14.9 Å². The molecule has 1 unspecified atom stereocenters. The largest absolute Gasteiger partial charge is 0.346 e. The second-order valence-corrected chi connectivity index (χ2v) is 7.30. The molecular formula is C16H16N2O5S. The molecule has 0 fully saturated rings. The van der Waals surface area contributed by atoms with E-state index in [1.165, 1.54) is 6.07 Å². The van der Waals surface area contributed by atoms with E-state index in [9.17, 15) is 23.3 Å². The first-order chi connectivity index (χ1) is 11.2. The van der Waals surface area contributed by atoms with Gasteiger partial charge in [-0.15, -0.1) is 0 Å². The molecule has 0 bridgehead atoms. The van der Waals surface area contributed by atoms with Crippen LogP contribution in [-0.2, 0) is 9.84 Å². The lowest BCUT2D eigenvalue weighted by Gasteiger charge is -2.14. The Morgan fingerprint density at radius 1 is 1.17 bits per heavy atom. The molecule has 1 amide bonds. The molecule has 0 aliphatic heterocycles. The summed E-state index contributed by atoms with van der Waals surface area (Å²) in [6, 6.07) is 12.2. The molecule has 2 rings (SSSR count). The summed E-state index contributed by atoms with van der Waals surface area (Å²) in [7, 11) is -3.76. The van der Waals surface area contributed by atoms with Crippen molar-refractivity contribution in [1.82, 2.24) is 5.32 Å². The Kier molecular flexibility index (Phi) is 4.99. The fourth-order valence-corrected chi connectivity index (χ4v) is 3.05. The number of benzene rings is 2. The van der Waals surface area contributed by atoms with Crippen molar-refractivity contribution >= 4 is 21.4 Å². The summed E-state index contributed by atoms with van der Waals surface area (Å²) in [4.78, 5) is 22.1. The minimum atomic E-state index is -3.76. The van der Waals surface area contributed by atoms with Crippen LogP contribution in [0.15, 0.2) is 53.4 Å². The van der Waals surface area contributed by atoms with Gasteiger partial charge in [0, 0.05) is 17.9 Å². The molecular weight excluding hydrogens is 332 g/mol. The van der Waals surface area contributed by atoms with Gasteiger partial charge in [0.1, 0.15) is 4.90 Å². The number of sulfone groups is 1. The zero-order valence-corrected chi connectivity index (χ0v) is 13.9. The van der Waals surface area contributed by atoms with Gasteiger partial charge in [-0.1, -0.05) is 30.3 Å². The van der Waals surface area contributed by atoms with E-state index < -0.39 is 31.3 Å². The zero-order chi connectivity index (χ0) is 17.9. The maximum atomic E-state index is 12.3. The summed E-state index contributed by atoms with van der Waals surface area (Å²) < 4.78 is 23.2. The smallest absolute Gasteiger partial charge is 0.288 e. The Morgan fingerprint density at radius 2 is 1.79 bits per heavy atom. The van der Waals surface area contributed by atoms with E-state index in [0.29, 0.717) is 0 Å². The highest BCUT2D eigenvalue weighted by Crippen LogP contribution is 2.25. The molecule has 0 heterocycles. The fourth-order valence-electron chi connectivity index (χ4n) is 2.22. The maximum Gasteiger partial charge on any atom is 0.288 e. The van der Waals surface area contributed by atoms with Gasteiger partial charge in [-0.05, 0) is 24.6 Å². The van der Waals surface area contributed by atoms with Gasteiger partial charge in [-0.2, -0.15) is 0 Å². The van der Waals surface area contributed by atoms with Crippen molar-refractivity contribution in [2.24, 2.45) is 0 Å². The number of hydrogen-bond donors (Lipinski definition) is 1. The summed E-state index contributed by atoms with van der Waals surface area (Å²) in [5, 5.41) is 13.8. The number of carbonyl (C=O) groups excluding carboxylic acids is 1. The van der Waals surface area contributed by atoms with Crippen molar-refractivity contribution in [3.8, 4) is 0 Å². The number of nitrogens with one attached hydrogen (secondary N) is 1. The van der Waals surface area contributed by atoms with Gasteiger partial charge in [-0.25, -0.2) is 8.42 Å². The van der Waals surface area contributed by atoms with Crippen LogP contribution < -0.4 is 5.32 Å². The second kappa shape index (κ2) is 6.79. The highest BCUT2D eigenvalue weighted by atomic mass is 32.2. The minimum Gasteiger partial charge on any atom is -0.346 e. The lowest BCUT2D eigenvalue weighted by atomic mass is 10.1. The van der Waals surface area contributed by atoms with Gasteiger partial charge >= 0.3 is 0 Å². The fraction of sp³-hybridized carbons (Fsp3) is 0.188. The molecule has 0 radical (unpaired) electrons. The van der Waals surface area contributed by atoms with Gasteiger partial charge < -0.3 is 5.32 Å². The van der Waals surface area contributed by atoms with Crippen LogP contribution in [0, 0.1) is 10.1 Å². The molecule has 2 aromatic rings. The number of amides is 1. The van der Waals surface area contributed by atoms with E-state index in [2.05, 4.69) is 5.32 Å². The summed E-state index contributed by atoms with van der Waals surface area (Å²) in [5.41, 5.74) is 0.294. The lowest BCUT2D eigenvalue weighted by Crippen LogP contribution is -2.26. The van der Waals surface area contributed by atoms with Gasteiger partial charge in [0.2, 0.25) is 0 Å². The maximum absolute atomic E-state index is 12.3. The Hall–Kier alpha value is -2.74. The average molecular weight is 348 g/mol. The van der Waals surface area contributed by atoms with Crippen LogP contribution in [0.5, 0.6) is 0 Å². The Morgan fingerprint density at radius 3 is 2.33 bits per heavy atom. The lowest BCUT2D eigenvalue weighted by molar-refractivity contribution is -0.387. The first kappa shape index (κ1) is 17.6. The van der Waals surface area contributed by atoms with E-state index in [4.69, 9.17) is 0 Å². The number of nitro groups is 1. The molecule has 0 aromatic heterocycles. The van der Waals surface area contributed by atoms with E-state index in [-0.39, 0.29) is 11.6 Å². The van der Waals surface area contributed by atoms with Crippen molar-refractivity contribution in [2.75, 3.05) is 6.26 Å². The molecule has 1 atom stereocenters. The Labute approximate surface area is 139 Å². The first-order valence-corrected chi connectivity index (χ1v) is 8.93. The predicted molar refractivity (Wildman–Crippen MR) is 88.5 cm³/mol. The average Bonchev–Trinajstić information content (AvgIpc) is 2.54. The summed E-state index contributed by atoms with van der Waals surface area (Å²) in [6.07, 6.45) is 0.882. The number of rotatable bonds is 5. The molecule has 0 aliphatic rings. The highest BCUT2D eigenvalue weighted by molar-refractivity contribution is 7.90. The van der Waals surface area contributed by atoms with Gasteiger partial charge in [0.15, 0.2) is 9.84 Å². The Bertz CT molecular complexity index is 879. The normalized spacial score (nSPS) is 12.4. The van der Waals surface area contributed by atoms with Gasteiger partial charge in [0.05, 0.1) is 11.0 Å². The number of carbonyl (C=O) groups is 1. The van der Waals surface area contributed by atoms with E-state index in [0.717, 1.165) is 24.0 Å². The summed E-state index contributed by atoms with van der Waals surface area (Å²) in [6.45, 7) is 1.78. The van der Waals surface area contributed by atoms with Gasteiger partial charge in [0.25, 0.3) is 11.6 Å². The minimum absolute atomic E-state index is 0.0249. The van der Waals surface area contributed by atoms with E-state index in [1.54, 1.807) is 6.92 Å². The molecule has 8 heteroatoms. The van der Waals surface area contributed by atoms with Crippen molar-refractivity contribution in [3.63, 3.8) is 0 Å². The van der Waals surface area contributed by atoms with Crippen LogP contribution in [-0.4, -0.2) is 25.5 Å². The standard InChI is InChI=1S/C16H16N2O5S/c1-11(12-6-4-3-5-7-12)17-16(19)13-8-9-15(24(2,22)23)14(10-13)18(20)21/h3-11H,1-2H3,(H,17,19). The molecule has 2 aromatic carbocycles. The Balaban J connectivity index is 2.30. The molecule has 1 N–H and O–H groups in total. The third-order valence-electron chi connectivity index (χ3n) is 3.46. The third-order valence-corrected chi connectivity index (χ3v) is 4.61. The second-order valence-electron chi connectivity index (χ2n) is 5.32. The van der Waals surface area contributed by atoms with Crippen LogP contribution in [0.25, 0.3) is 0 Å². The van der Waals surface area contributed by atoms with Crippen LogP contribution in [0.4, 0.5) is 5.69 Å². The molecule has 7 nitrogen and oxygen atoms in total. The van der Waals surface area contributed by atoms with Crippen LogP contribution in [0.2, 0.25) is 0 Å². The zero-order valence-electron chi connectivity index (χ0n) is 13.1. The number of nitrogens with zero attached hydrogens (tertiary/aromatic N) is 1. The summed E-state index contributed by atoms with van der Waals surface area (Å²) in [5.74, 6) is -0.519. The summed E-state index contributed by atoms with van der Waals surface area (Å²) >= 11 is 0. The molecule has 126 valence electrons. The van der Waals surface area contributed by atoms with Crippen LogP contribution >= 0.6 is 0 Å². The third kappa shape index (κ3) is 3.96. The van der Waals surface area contributed by atoms with Crippen molar-refractivity contribution in [2.45, 2.75) is 17.9 Å². The number of hydrogen-bond acceptors (Lipinski definition) is 5. The molecule has 0 aliphatic carbocycles. The highest BCUT2D eigenvalue weighted by Gasteiger charge is 2.24. The monoisotopic (exact) mass is 348 g/mol. The number of nitro benzene ring substituents is 1. The van der Waals surface area contributed by atoms with Crippen molar-refractivity contribution < 1.29 is 18.1 Å². The molecule has 0 saturated heterocycles. The van der Waals surface area contributed by atoms with E-state index >= 15 is 0 Å². The topological polar surface area (TPSA) is 106 Å². The van der Waals surface area contributed by atoms with Crippen molar-refractivity contribution in [3.05, 3.63) is 69.8 Å². The molecule has 24 heavy (non-hydrogen) atoms.